The van der Waals surface area contributed by atoms with Gasteiger partial charge in [-0.15, -0.1) is 0 Å². The number of halogens is 2. The monoisotopic (exact) mass is 246 g/mol. The van der Waals surface area contributed by atoms with Gasteiger partial charge in [0.05, 0.1) is 5.56 Å². The number of hydrogen-bond acceptors (Lipinski definition) is 4. The summed E-state index contributed by atoms with van der Waals surface area (Å²) < 4.78 is 26.4. The summed E-state index contributed by atoms with van der Waals surface area (Å²) in [5, 5.41) is 36.7. The minimum atomic E-state index is -3.54. The molecule has 0 saturated heterocycles. The van der Waals surface area contributed by atoms with E-state index in [0.717, 1.165) is 0 Å². The molecule has 0 aliphatic heterocycles. The Balaban J connectivity index is 2.66. The first-order chi connectivity index (χ1) is 7.72. The number of carboxylic acid groups (broad SMARTS) is 1. The number of aromatic hydroxyl groups is 3. The molecule has 0 aromatic heterocycles. The molecular weight excluding hydrogens is 238 g/mol. The van der Waals surface area contributed by atoms with Gasteiger partial charge in [-0.05, 0) is 0 Å². The minimum absolute atomic E-state index is 0.548. The molecule has 1 aromatic carbocycles. The van der Waals surface area contributed by atoms with Gasteiger partial charge in [-0.2, -0.15) is 0 Å². The summed E-state index contributed by atoms with van der Waals surface area (Å²) in [6.07, 6.45) is -0.999. The Morgan fingerprint density at radius 2 is 1.59 bits per heavy atom. The maximum Gasteiger partial charge on any atom is 0.320 e. The van der Waals surface area contributed by atoms with Gasteiger partial charge in [-0.1, -0.05) is 0 Å². The number of benzene rings is 1. The van der Waals surface area contributed by atoms with Crippen molar-refractivity contribution in [3.05, 3.63) is 17.7 Å². The second-order valence-corrected chi connectivity index (χ2v) is 3.95. The minimum Gasteiger partial charge on any atom is -0.508 e. The third-order valence-corrected chi connectivity index (χ3v) is 2.86. The van der Waals surface area contributed by atoms with Crippen LogP contribution in [0.15, 0.2) is 12.1 Å². The molecule has 1 aliphatic rings. The first-order valence-corrected chi connectivity index (χ1v) is 4.59. The van der Waals surface area contributed by atoms with Gasteiger partial charge in [-0.25, -0.2) is 8.78 Å². The molecule has 1 aromatic rings. The topological polar surface area (TPSA) is 98.0 Å². The Morgan fingerprint density at radius 3 is 1.88 bits per heavy atom. The molecule has 2 rings (SSSR count). The molecule has 0 heterocycles. The summed E-state index contributed by atoms with van der Waals surface area (Å²) in [7, 11) is 0. The summed E-state index contributed by atoms with van der Waals surface area (Å²) in [5.41, 5.74) is -3.39. The smallest absolute Gasteiger partial charge is 0.320 e. The Morgan fingerprint density at radius 1 is 1.18 bits per heavy atom. The van der Waals surface area contributed by atoms with Crippen LogP contribution in [0.5, 0.6) is 17.2 Å². The average molecular weight is 246 g/mol. The van der Waals surface area contributed by atoms with Gasteiger partial charge in [0.15, 0.2) is 5.41 Å². The predicted molar refractivity (Wildman–Crippen MR) is 50.3 cm³/mol. The second-order valence-electron chi connectivity index (χ2n) is 3.95. The highest BCUT2D eigenvalue weighted by atomic mass is 19.3. The van der Waals surface area contributed by atoms with Gasteiger partial charge in [0, 0.05) is 18.6 Å². The van der Waals surface area contributed by atoms with Crippen LogP contribution >= 0.6 is 0 Å². The Kier molecular flexibility index (Phi) is 2.01. The van der Waals surface area contributed by atoms with E-state index in [4.69, 9.17) is 10.2 Å². The van der Waals surface area contributed by atoms with Crippen molar-refractivity contribution < 1.29 is 34.0 Å². The standard InChI is InChI=1S/C10H8F2O5/c11-10(12)3-9(10,8(16)17)7-5(14)1-4(13)2-6(7)15/h1-2,13-15H,3H2,(H,16,17). The van der Waals surface area contributed by atoms with E-state index >= 15 is 0 Å². The van der Waals surface area contributed by atoms with E-state index in [9.17, 15) is 23.8 Å². The van der Waals surface area contributed by atoms with Crippen LogP contribution in [0, 0.1) is 0 Å². The van der Waals surface area contributed by atoms with Gasteiger partial charge < -0.3 is 20.4 Å². The third-order valence-electron chi connectivity index (χ3n) is 2.86. The van der Waals surface area contributed by atoms with Gasteiger partial charge >= 0.3 is 5.97 Å². The number of phenolic OH excluding ortho intramolecular Hbond substituents is 3. The number of aliphatic carboxylic acids is 1. The predicted octanol–water partition coefficient (Wildman–Crippen LogP) is 1.16. The average Bonchev–Trinajstić information content (AvgIpc) is 2.68. The first kappa shape index (κ1) is 11.4. The summed E-state index contributed by atoms with van der Waals surface area (Å²) in [5.74, 6) is -7.67. The number of alkyl halides is 2. The van der Waals surface area contributed by atoms with Gasteiger partial charge in [0.1, 0.15) is 17.2 Å². The molecule has 0 bridgehead atoms. The number of hydrogen-bond donors (Lipinski definition) is 4. The van der Waals surface area contributed by atoms with Crippen LogP contribution < -0.4 is 0 Å². The molecule has 0 amide bonds. The highest BCUT2D eigenvalue weighted by Gasteiger charge is 2.79. The number of carboxylic acids is 1. The van der Waals surface area contributed by atoms with Crippen molar-refractivity contribution in [2.24, 2.45) is 0 Å². The highest BCUT2D eigenvalue weighted by Crippen LogP contribution is 2.65. The van der Waals surface area contributed by atoms with E-state index in [2.05, 4.69) is 0 Å². The lowest BCUT2D eigenvalue weighted by atomic mass is 9.93. The quantitative estimate of drug-likeness (QED) is 0.627. The zero-order chi connectivity index (χ0) is 13.0. The molecule has 1 unspecified atom stereocenters. The normalized spacial score (nSPS) is 25.5. The molecule has 7 heteroatoms. The van der Waals surface area contributed by atoms with Gasteiger partial charge in [-0.3, -0.25) is 4.79 Å². The van der Waals surface area contributed by atoms with E-state index in [1.54, 1.807) is 0 Å². The second kappa shape index (κ2) is 2.99. The van der Waals surface area contributed by atoms with Gasteiger partial charge in [0.25, 0.3) is 5.92 Å². The van der Waals surface area contributed by atoms with Crippen molar-refractivity contribution in [3.8, 4) is 17.2 Å². The molecular formula is C10H8F2O5. The van der Waals surface area contributed by atoms with Crippen LogP contribution in [0.25, 0.3) is 0 Å². The molecule has 1 fully saturated rings. The summed E-state index contributed by atoms with van der Waals surface area (Å²) in [4.78, 5) is 10.9. The molecule has 0 spiro atoms. The summed E-state index contributed by atoms with van der Waals surface area (Å²) >= 11 is 0. The van der Waals surface area contributed by atoms with E-state index in [-0.39, 0.29) is 0 Å². The van der Waals surface area contributed by atoms with E-state index in [1.165, 1.54) is 0 Å². The SMILES string of the molecule is O=C(O)C1(c2c(O)cc(O)cc2O)CC1(F)F. The highest BCUT2D eigenvalue weighted by molar-refractivity contribution is 5.90. The number of phenols is 3. The Labute approximate surface area is 93.6 Å². The maximum atomic E-state index is 13.2. The van der Waals surface area contributed by atoms with Crippen molar-refractivity contribution in [1.29, 1.82) is 0 Å². The zero-order valence-corrected chi connectivity index (χ0v) is 8.31. The largest absolute Gasteiger partial charge is 0.508 e. The van der Waals surface area contributed by atoms with Crippen molar-refractivity contribution in [1.82, 2.24) is 0 Å². The molecule has 0 radical (unpaired) electrons. The summed E-state index contributed by atoms with van der Waals surface area (Å²) in [6.45, 7) is 0. The lowest BCUT2D eigenvalue weighted by Crippen LogP contribution is -2.27. The molecule has 1 aliphatic carbocycles. The van der Waals surface area contributed by atoms with Gasteiger partial charge in [0.2, 0.25) is 0 Å². The van der Waals surface area contributed by atoms with Crippen LogP contribution in [-0.4, -0.2) is 32.3 Å². The van der Waals surface area contributed by atoms with Crippen molar-refractivity contribution in [2.45, 2.75) is 17.8 Å². The summed E-state index contributed by atoms with van der Waals surface area (Å²) in [6, 6.07) is 1.41. The van der Waals surface area contributed by atoms with Crippen molar-refractivity contribution in [3.63, 3.8) is 0 Å². The molecule has 5 nitrogen and oxygen atoms in total. The van der Waals surface area contributed by atoms with Crippen LogP contribution in [0.1, 0.15) is 12.0 Å². The fourth-order valence-electron chi connectivity index (χ4n) is 1.93. The Bertz CT molecular complexity index is 490. The molecule has 1 saturated carbocycles. The van der Waals surface area contributed by atoms with Crippen molar-refractivity contribution >= 4 is 5.97 Å². The lowest BCUT2D eigenvalue weighted by Gasteiger charge is -2.15. The zero-order valence-electron chi connectivity index (χ0n) is 8.31. The van der Waals surface area contributed by atoms with Crippen molar-refractivity contribution in [2.75, 3.05) is 0 Å². The number of rotatable bonds is 2. The third kappa shape index (κ3) is 1.31. The van der Waals surface area contributed by atoms with Crippen LogP contribution in [0.2, 0.25) is 0 Å². The molecule has 17 heavy (non-hydrogen) atoms. The molecule has 92 valence electrons. The van der Waals surface area contributed by atoms with Crippen LogP contribution in [0.3, 0.4) is 0 Å². The van der Waals surface area contributed by atoms with Crippen LogP contribution in [-0.2, 0) is 10.2 Å². The van der Waals surface area contributed by atoms with Crippen LogP contribution in [0.4, 0.5) is 8.78 Å². The van der Waals surface area contributed by atoms with E-state index in [1.807, 2.05) is 0 Å². The first-order valence-electron chi connectivity index (χ1n) is 4.59. The Hall–Kier alpha value is -2.05. The molecule has 1 atom stereocenters. The molecule has 4 N–H and O–H groups in total. The number of carbonyl (C=O) groups is 1. The lowest BCUT2D eigenvalue weighted by molar-refractivity contribution is -0.143. The van der Waals surface area contributed by atoms with E-state index < -0.39 is 46.5 Å². The fraction of sp³-hybridized carbons (Fsp3) is 0.300. The fourth-order valence-corrected chi connectivity index (χ4v) is 1.93. The maximum absolute atomic E-state index is 13.2. The van der Waals surface area contributed by atoms with E-state index in [0.29, 0.717) is 12.1 Å².